The first-order valence-corrected chi connectivity index (χ1v) is 11.9. The number of halogens is 6. The molecule has 8 nitrogen and oxygen atoms in total. The van der Waals surface area contributed by atoms with Crippen molar-refractivity contribution in [1.82, 2.24) is 15.1 Å². The number of urea groups is 1. The summed E-state index contributed by atoms with van der Waals surface area (Å²) < 4.78 is 66.1. The monoisotopic (exact) mass is 542 g/mol. The van der Waals surface area contributed by atoms with Crippen molar-refractivity contribution in [2.24, 2.45) is 4.99 Å². The fraction of sp³-hybridized carbons (Fsp3) is 0.200. The van der Waals surface area contributed by atoms with Crippen LogP contribution in [0.3, 0.4) is 0 Å². The number of hydrogen-bond acceptors (Lipinski definition) is 4. The van der Waals surface area contributed by atoms with Crippen molar-refractivity contribution in [3.05, 3.63) is 59.1 Å². The normalized spacial score (nSPS) is 13.9. The molecule has 0 bridgehead atoms. The molecule has 2 aromatic carbocycles. The van der Waals surface area contributed by atoms with Gasteiger partial charge in [0.05, 0.1) is 18.7 Å². The minimum absolute atomic E-state index is 0.0904. The second-order valence-electron chi connectivity index (χ2n) is 7.26. The summed E-state index contributed by atoms with van der Waals surface area (Å²) in [6.45, 7) is -0.466. The Kier molecular flexibility index (Phi) is 7.72. The van der Waals surface area contributed by atoms with Crippen LogP contribution in [-0.4, -0.2) is 52.9 Å². The Labute approximate surface area is 201 Å². The Hall–Kier alpha value is -3.39. The van der Waals surface area contributed by atoms with Gasteiger partial charge < -0.3 is 10.0 Å². The third-order valence-corrected chi connectivity index (χ3v) is 5.79. The molecule has 0 fully saturated rings. The Balaban J connectivity index is 2.47. The van der Waals surface area contributed by atoms with Gasteiger partial charge in [0.1, 0.15) is 4.90 Å². The summed E-state index contributed by atoms with van der Waals surface area (Å²) in [4.78, 5) is 38.4. The van der Waals surface area contributed by atoms with Crippen molar-refractivity contribution in [3.8, 4) is 0 Å². The number of benzene rings is 2. The second kappa shape index (κ2) is 9.70. The van der Waals surface area contributed by atoms with Crippen molar-refractivity contribution < 1.29 is 38.9 Å². The van der Waals surface area contributed by atoms with Crippen molar-refractivity contribution >= 4 is 51.9 Å². The predicted octanol–water partition coefficient (Wildman–Crippen LogP) is 5.76. The van der Waals surface area contributed by atoms with Crippen molar-refractivity contribution in [2.45, 2.75) is 17.9 Å². The molecule has 0 aliphatic heterocycles. The summed E-state index contributed by atoms with van der Waals surface area (Å²) in [6.07, 6.45) is -0.191. The van der Waals surface area contributed by atoms with Gasteiger partial charge in [-0.2, -0.15) is 0 Å². The molecule has 0 aliphatic carbocycles. The third kappa shape index (κ3) is 8.72. The number of aliphatic carboxylic acids is 1. The lowest BCUT2D eigenvalue weighted by Crippen LogP contribution is -2.48. The maximum atomic E-state index is 13.2. The number of hydrogen-bond donors (Lipinski definition) is 2. The van der Waals surface area contributed by atoms with Crippen molar-refractivity contribution in [3.63, 3.8) is 0 Å². The Morgan fingerprint density at radius 1 is 1.11 bits per heavy atom. The van der Waals surface area contributed by atoms with Crippen LogP contribution >= 0.6 is 21.8 Å². The molecule has 0 aromatic heterocycles. The molecular formula is C20H20ClF5N4O4S. The molecule has 0 aliphatic rings. The maximum absolute atomic E-state index is 13.2. The number of aliphatic imine (C=N–C) groups is 1. The lowest BCUT2D eigenvalue weighted by atomic mass is 10.2. The van der Waals surface area contributed by atoms with Crippen LogP contribution in [0.4, 0.5) is 29.9 Å². The highest BCUT2D eigenvalue weighted by molar-refractivity contribution is 8.45. The lowest BCUT2D eigenvalue weighted by molar-refractivity contribution is -0.137. The molecule has 2 N–H and O–H groups in total. The summed E-state index contributed by atoms with van der Waals surface area (Å²) in [5.74, 6) is -1.77. The number of guanidine groups is 1. The van der Waals surface area contributed by atoms with Gasteiger partial charge in [-0.25, -0.2) is 9.79 Å². The number of carbonyl (C=O) groups is 3. The average molecular weight is 543 g/mol. The molecule has 0 atom stereocenters. The molecule has 0 saturated heterocycles. The highest BCUT2D eigenvalue weighted by Crippen LogP contribution is 3.02. The van der Waals surface area contributed by atoms with E-state index in [4.69, 9.17) is 16.7 Å². The van der Waals surface area contributed by atoms with Crippen LogP contribution in [0.15, 0.2) is 58.4 Å². The number of amides is 3. The van der Waals surface area contributed by atoms with E-state index in [1.54, 1.807) is 0 Å². The number of nitrogens with one attached hydrogen (secondary N) is 1. The Morgan fingerprint density at radius 2 is 1.74 bits per heavy atom. The Bertz CT molecular complexity index is 1150. The van der Waals surface area contributed by atoms with Gasteiger partial charge in [0.2, 0.25) is 12.4 Å². The molecule has 3 amide bonds. The van der Waals surface area contributed by atoms with E-state index in [1.807, 2.05) is 0 Å². The highest BCUT2D eigenvalue weighted by atomic mass is 35.5. The molecule has 0 spiro atoms. The fourth-order valence-electron chi connectivity index (χ4n) is 2.58. The highest BCUT2D eigenvalue weighted by Gasteiger charge is 2.65. The smallest absolute Gasteiger partial charge is 0.323 e. The van der Waals surface area contributed by atoms with Gasteiger partial charge in [-0.3, -0.25) is 19.8 Å². The van der Waals surface area contributed by atoms with E-state index in [0.717, 1.165) is 15.9 Å². The molecular weight excluding hydrogens is 523 g/mol. The summed E-state index contributed by atoms with van der Waals surface area (Å²) >= 11 is 5.82. The van der Waals surface area contributed by atoms with E-state index >= 15 is 0 Å². The van der Waals surface area contributed by atoms with Crippen LogP contribution in [0.2, 0.25) is 5.02 Å². The zero-order valence-electron chi connectivity index (χ0n) is 18.0. The molecule has 15 heteroatoms. The molecule has 2 rings (SSSR count). The van der Waals surface area contributed by atoms with Crippen molar-refractivity contribution in [1.29, 1.82) is 0 Å². The Morgan fingerprint density at radius 3 is 2.29 bits per heavy atom. The molecule has 0 unspecified atom stereocenters. The molecule has 35 heavy (non-hydrogen) atoms. The van der Waals surface area contributed by atoms with E-state index < -0.39 is 45.2 Å². The minimum Gasteiger partial charge on any atom is -0.481 e. The molecule has 192 valence electrons. The predicted molar refractivity (Wildman–Crippen MR) is 121 cm³/mol. The summed E-state index contributed by atoms with van der Waals surface area (Å²) in [5.41, 5.74) is -0.134. The zero-order chi connectivity index (χ0) is 26.5. The largest absolute Gasteiger partial charge is 0.481 e. The molecule has 2 aromatic rings. The van der Waals surface area contributed by atoms with Gasteiger partial charge in [-0.05, 0) is 35.9 Å². The van der Waals surface area contributed by atoms with Crippen LogP contribution in [0.1, 0.15) is 12.0 Å². The van der Waals surface area contributed by atoms with Crippen LogP contribution in [0.5, 0.6) is 0 Å². The van der Waals surface area contributed by atoms with Crippen LogP contribution in [0.25, 0.3) is 0 Å². The van der Waals surface area contributed by atoms with Gasteiger partial charge >= 0.3 is 22.2 Å². The van der Waals surface area contributed by atoms with E-state index in [0.29, 0.717) is 16.7 Å². The number of carboxylic acid groups (broad SMARTS) is 1. The van der Waals surface area contributed by atoms with Gasteiger partial charge in [0.25, 0.3) is 0 Å². The maximum Gasteiger partial charge on any atom is 0.323 e. The summed E-state index contributed by atoms with van der Waals surface area (Å²) in [5, 5.41) is 11.4. The summed E-state index contributed by atoms with van der Waals surface area (Å²) in [7, 11) is -8.79. The van der Waals surface area contributed by atoms with Gasteiger partial charge in [-0.1, -0.05) is 49.2 Å². The number of carboxylic acids is 1. The second-order valence-corrected chi connectivity index (χ2v) is 10.1. The number of nitrogens with zero attached hydrogens (tertiary/aromatic N) is 3. The van der Waals surface area contributed by atoms with Gasteiger partial charge in [0.15, 0.2) is 0 Å². The lowest BCUT2D eigenvalue weighted by Gasteiger charge is -2.40. The number of carbonyl (C=O) groups excluding carboxylic acids is 2. The molecule has 0 saturated carbocycles. The topological polar surface area (TPSA) is 102 Å². The quantitative estimate of drug-likeness (QED) is 0.192. The van der Waals surface area contributed by atoms with Crippen molar-refractivity contribution in [2.75, 3.05) is 13.6 Å². The average Bonchev–Trinajstić information content (AvgIpc) is 2.75. The van der Waals surface area contributed by atoms with E-state index in [1.165, 1.54) is 31.3 Å². The van der Waals surface area contributed by atoms with Crippen LogP contribution < -0.4 is 5.32 Å². The molecule has 0 radical (unpaired) electrons. The minimum atomic E-state index is -10.0. The fourth-order valence-corrected chi connectivity index (χ4v) is 3.39. The summed E-state index contributed by atoms with van der Waals surface area (Å²) in [6, 6.07) is 7.08. The zero-order valence-corrected chi connectivity index (χ0v) is 19.6. The van der Waals surface area contributed by atoms with Gasteiger partial charge in [-0.15, -0.1) is 0 Å². The standard InChI is InChI=1S/C20H20ClF5N4O4S/c1-29(10-9-18(32)33)20(34)28-19(30(13-31)12-14-5-7-15(21)8-6-14)27-16-3-2-4-17(11-16)35(22,23,24,25)26/h2-8,11,13H,9-10,12H2,1H3,(H,32,33)(H,27,28,34). The van der Waals surface area contributed by atoms with E-state index in [-0.39, 0.29) is 31.6 Å². The van der Waals surface area contributed by atoms with Crippen LogP contribution in [0, 0.1) is 0 Å². The molecule has 0 heterocycles. The number of rotatable bonds is 8. The first kappa shape index (κ1) is 27.9. The van der Waals surface area contributed by atoms with Gasteiger partial charge in [0, 0.05) is 18.6 Å². The SMILES string of the molecule is CN(CCC(=O)O)C(=O)NC(=Nc1cccc(S(F)(F)(F)(F)F)c1)N(C=O)Cc1ccc(Cl)cc1. The first-order chi connectivity index (χ1) is 16.0. The first-order valence-electron chi connectivity index (χ1n) is 9.61. The third-order valence-electron chi connectivity index (χ3n) is 4.39. The van der Waals surface area contributed by atoms with Crippen LogP contribution in [-0.2, 0) is 16.1 Å². The van der Waals surface area contributed by atoms with E-state index in [9.17, 15) is 33.8 Å². The van der Waals surface area contributed by atoms with E-state index in [2.05, 4.69) is 10.3 Å².